The van der Waals surface area contributed by atoms with Crippen LogP contribution in [0.15, 0.2) is 0 Å². The van der Waals surface area contributed by atoms with Crippen LogP contribution in [0.5, 0.6) is 0 Å². The van der Waals surface area contributed by atoms with Gasteiger partial charge in [0.2, 0.25) is 4.51 Å². The van der Waals surface area contributed by atoms with E-state index in [1.165, 1.54) is 0 Å². The number of halogens is 1. The lowest BCUT2D eigenvalue weighted by atomic mass is 9.91. The van der Waals surface area contributed by atoms with E-state index in [1.807, 2.05) is 0 Å². The largest absolute Gasteiger partial charge is 0.478 e. The van der Waals surface area contributed by atoms with Crippen molar-refractivity contribution in [1.29, 1.82) is 0 Å². The molecule has 1 rings (SSSR count). The molecule has 0 spiro atoms. The third kappa shape index (κ3) is 2.99. The fraction of sp³-hybridized carbons (Fsp3) is 0.889. The number of alkyl halides is 1. The Bertz CT molecular complexity index is 317. The third-order valence-electron chi connectivity index (χ3n) is 2.86. The predicted molar refractivity (Wildman–Crippen MR) is 61.9 cm³/mol. The molecule has 0 aliphatic carbocycles. The van der Waals surface area contributed by atoms with E-state index in [1.54, 1.807) is 0 Å². The van der Waals surface area contributed by atoms with E-state index in [0.717, 1.165) is 0 Å². The topological polar surface area (TPSA) is 153 Å². The van der Waals surface area contributed by atoms with Crippen LogP contribution in [0.25, 0.3) is 0 Å². The Morgan fingerprint density at radius 1 is 1.56 bits per heavy atom. The zero-order valence-electron chi connectivity index (χ0n) is 9.31. The van der Waals surface area contributed by atoms with Gasteiger partial charge in [-0.1, -0.05) is 0 Å². The lowest BCUT2D eigenvalue weighted by Crippen LogP contribution is -2.63. The molecule has 9 heteroatoms. The molecule has 1 saturated heterocycles. The van der Waals surface area contributed by atoms with Gasteiger partial charge in [0.15, 0.2) is 0 Å². The summed E-state index contributed by atoms with van der Waals surface area (Å²) in [7, 11) is 0. The highest BCUT2D eigenvalue weighted by molar-refractivity contribution is 9.10. The van der Waals surface area contributed by atoms with Gasteiger partial charge in [0.05, 0.1) is 18.8 Å². The first-order valence-electron chi connectivity index (χ1n) is 5.23. The van der Waals surface area contributed by atoms with E-state index in [9.17, 15) is 20.1 Å². The summed E-state index contributed by atoms with van der Waals surface area (Å²) in [4.78, 5) is 11.0. The van der Waals surface area contributed by atoms with Crippen molar-refractivity contribution >= 4 is 21.9 Å². The van der Waals surface area contributed by atoms with Gasteiger partial charge in [0, 0.05) is 6.42 Å². The lowest BCUT2D eigenvalue weighted by Gasteiger charge is -2.43. The van der Waals surface area contributed by atoms with Gasteiger partial charge in [-0.05, 0) is 15.9 Å². The molecule has 1 fully saturated rings. The van der Waals surface area contributed by atoms with Crippen molar-refractivity contribution in [2.45, 2.75) is 41.4 Å². The highest BCUT2D eigenvalue weighted by Crippen LogP contribution is 2.35. The predicted octanol–water partition coefficient (Wildman–Crippen LogP) is -2.65. The third-order valence-corrected chi connectivity index (χ3v) is 3.71. The van der Waals surface area contributed by atoms with Crippen molar-refractivity contribution in [3.8, 4) is 0 Å². The van der Waals surface area contributed by atoms with Gasteiger partial charge in [-0.15, -0.1) is 0 Å². The second-order valence-corrected chi connectivity index (χ2v) is 5.49. The van der Waals surface area contributed by atoms with Crippen molar-refractivity contribution < 1.29 is 35.1 Å². The number of hydrogen-bond donors (Lipinski definition) is 6. The first-order chi connectivity index (χ1) is 8.23. The molecule has 8 nitrogen and oxygen atoms in total. The van der Waals surface area contributed by atoms with E-state index in [2.05, 4.69) is 15.9 Å². The average Bonchev–Trinajstić information content (AvgIpc) is 2.31. The lowest BCUT2D eigenvalue weighted by molar-refractivity contribution is -0.199. The summed E-state index contributed by atoms with van der Waals surface area (Å²) in [5.74, 6) is -1.39. The van der Waals surface area contributed by atoms with Crippen molar-refractivity contribution in [2.75, 3.05) is 6.61 Å². The molecule has 1 heterocycles. The van der Waals surface area contributed by atoms with Crippen molar-refractivity contribution in [1.82, 2.24) is 0 Å². The van der Waals surface area contributed by atoms with E-state index in [-0.39, 0.29) is 6.42 Å². The maximum absolute atomic E-state index is 11.0. The number of hydrogen-bond acceptors (Lipinski definition) is 7. The number of ether oxygens (including phenoxy) is 1. The molecule has 0 aromatic heterocycles. The highest BCUT2D eigenvalue weighted by Gasteiger charge is 2.51. The Morgan fingerprint density at radius 3 is 2.56 bits per heavy atom. The summed E-state index contributed by atoms with van der Waals surface area (Å²) in [5, 5.41) is 46.4. The average molecular weight is 330 g/mol. The monoisotopic (exact) mass is 329 g/mol. The fourth-order valence-electron chi connectivity index (χ4n) is 1.73. The van der Waals surface area contributed by atoms with Gasteiger partial charge >= 0.3 is 5.97 Å². The van der Waals surface area contributed by atoms with Crippen LogP contribution in [0.3, 0.4) is 0 Å². The molecule has 0 unspecified atom stereocenters. The van der Waals surface area contributed by atoms with Crippen LogP contribution in [0.1, 0.15) is 6.42 Å². The van der Waals surface area contributed by atoms with E-state index in [4.69, 9.17) is 20.7 Å². The molecule has 0 aromatic carbocycles. The number of carboxylic acid groups (broad SMARTS) is 1. The second-order valence-electron chi connectivity index (χ2n) is 4.21. The summed E-state index contributed by atoms with van der Waals surface area (Å²) in [6.07, 6.45) is -6.03. The molecule has 0 saturated carbocycles. The zero-order valence-corrected chi connectivity index (χ0v) is 10.9. The summed E-state index contributed by atoms with van der Waals surface area (Å²) in [6.45, 7) is -0.744. The molecular weight excluding hydrogens is 314 g/mol. The standard InChI is InChI=1S/C9H16BrNO7/c10-9(8(16)17)1-3(13)5(11)7(18-9)6(15)4(14)2-12/h3-7,12-15H,1-2,11H2,(H,16,17)/t3-,4+,5+,6+,7+,9+/m0/s1. The molecule has 106 valence electrons. The first-order valence-corrected chi connectivity index (χ1v) is 6.03. The first kappa shape index (κ1) is 15.8. The Labute approximate surface area is 111 Å². The number of carboxylic acids is 1. The maximum atomic E-state index is 11.0. The van der Waals surface area contributed by atoms with Crippen LogP contribution in [-0.4, -0.2) is 73.1 Å². The molecule has 0 amide bonds. The Hall–Kier alpha value is -0.290. The molecule has 0 radical (unpaired) electrons. The summed E-state index contributed by atoms with van der Waals surface area (Å²) >= 11 is 2.82. The minimum Gasteiger partial charge on any atom is -0.478 e. The Morgan fingerprint density at radius 2 is 2.11 bits per heavy atom. The van der Waals surface area contributed by atoms with Crippen LogP contribution in [-0.2, 0) is 9.53 Å². The van der Waals surface area contributed by atoms with Gasteiger partial charge < -0.3 is 36.0 Å². The molecule has 1 aliphatic rings. The minimum absolute atomic E-state index is 0.304. The van der Waals surface area contributed by atoms with Crippen LogP contribution in [0.4, 0.5) is 0 Å². The van der Waals surface area contributed by atoms with Gasteiger partial charge in [0.1, 0.15) is 18.3 Å². The minimum atomic E-state index is -1.89. The normalized spacial score (nSPS) is 40.2. The van der Waals surface area contributed by atoms with Crippen molar-refractivity contribution in [2.24, 2.45) is 5.73 Å². The molecule has 0 bridgehead atoms. The number of rotatable bonds is 4. The molecule has 7 N–H and O–H groups in total. The number of nitrogens with two attached hydrogens (primary N) is 1. The SMILES string of the molecule is N[C@H]1[C@H]([C@H](O)[C@H](O)CO)O[C@@](Br)(C(=O)O)C[C@@H]1O. The summed E-state index contributed by atoms with van der Waals surface area (Å²) < 4.78 is 3.23. The smallest absolute Gasteiger partial charge is 0.347 e. The molecule has 1 aliphatic heterocycles. The number of aliphatic carboxylic acids is 1. The van der Waals surface area contributed by atoms with Gasteiger partial charge in [-0.3, -0.25) is 0 Å². The van der Waals surface area contributed by atoms with Gasteiger partial charge in [-0.25, -0.2) is 4.79 Å². The van der Waals surface area contributed by atoms with Crippen molar-refractivity contribution in [3.63, 3.8) is 0 Å². The maximum Gasteiger partial charge on any atom is 0.347 e. The quantitative estimate of drug-likeness (QED) is 0.306. The van der Waals surface area contributed by atoms with Crippen LogP contribution >= 0.6 is 15.9 Å². The van der Waals surface area contributed by atoms with E-state index < -0.39 is 47.5 Å². The number of aliphatic hydroxyl groups excluding tert-OH is 4. The highest BCUT2D eigenvalue weighted by atomic mass is 79.9. The molecular formula is C9H16BrNO7. The van der Waals surface area contributed by atoms with E-state index in [0.29, 0.717) is 0 Å². The van der Waals surface area contributed by atoms with Gasteiger partial charge in [0.25, 0.3) is 0 Å². The molecule has 6 atom stereocenters. The van der Waals surface area contributed by atoms with E-state index >= 15 is 0 Å². The Kier molecular flexibility index (Phi) is 5.06. The van der Waals surface area contributed by atoms with Crippen LogP contribution in [0, 0.1) is 0 Å². The number of aliphatic hydroxyl groups is 4. The fourth-order valence-corrected chi connectivity index (χ4v) is 2.28. The molecule has 0 aromatic rings. The Balaban J connectivity index is 2.92. The zero-order chi connectivity index (χ0) is 14.1. The second kappa shape index (κ2) is 5.78. The molecule has 18 heavy (non-hydrogen) atoms. The van der Waals surface area contributed by atoms with Crippen LogP contribution < -0.4 is 5.73 Å². The van der Waals surface area contributed by atoms with Crippen LogP contribution in [0.2, 0.25) is 0 Å². The summed E-state index contributed by atoms with van der Waals surface area (Å²) in [6, 6.07) is -1.08. The summed E-state index contributed by atoms with van der Waals surface area (Å²) in [5.41, 5.74) is 5.60. The number of carbonyl (C=O) groups is 1. The van der Waals surface area contributed by atoms with Gasteiger partial charge in [-0.2, -0.15) is 0 Å². The van der Waals surface area contributed by atoms with Crippen molar-refractivity contribution in [3.05, 3.63) is 0 Å².